The van der Waals surface area contributed by atoms with Crippen molar-refractivity contribution in [1.29, 1.82) is 0 Å². The highest BCUT2D eigenvalue weighted by atomic mass is 32.2. The lowest BCUT2D eigenvalue weighted by molar-refractivity contribution is 0.0531. The third kappa shape index (κ3) is 4.53. The second-order valence-electron chi connectivity index (χ2n) is 5.41. The zero-order chi connectivity index (χ0) is 15.8. The van der Waals surface area contributed by atoms with E-state index in [1.165, 1.54) is 0 Å². The zero-order valence-corrected chi connectivity index (χ0v) is 13.9. The van der Waals surface area contributed by atoms with Gasteiger partial charge in [-0.3, -0.25) is 4.79 Å². The van der Waals surface area contributed by atoms with Gasteiger partial charge >= 0.3 is 0 Å². The van der Waals surface area contributed by atoms with E-state index in [-0.39, 0.29) is 5.91 Å². The minimum Gasteiger partial charge on any atom is -0.368 e. The summed E-state index contributed by atoms with van der Waals surface area (Å²) in [5, 5.41) is 0. The van der Waals surface area contributed by atoms with Crippen LogP contribution in [-0.4, -0.2) is 42.9 Å². The third-order valence-electron chi connectivity index (χ3n) is 3.76. The Hall–Kier alpha value is -1.44. The fourth-order valence-corrected chi connectivity index (χ4v) is 3.56. The number of hydrogen-bond acceptors (Lipinski definition) is 3. The van der Waals surface area contributed by atoms with Crippen LogP contribution in [0.2, 0.25) is 0 Å². The van der Waals surface area contributed by atoms with E-state index in [4.69, 9.17) is 11.2 Å². The second kappa shape index (κ2) is 8.87. The summed E-state index contributed by atoms with van der Waals surface area (Å²) in [6, 6.07) is 7.88. The number of hydrogen-bond donors (Lipinski definition) is 0. The molecule has 1 aromatic rings. The number of thioether (sulfide) groups is 1. The maximum absolute atomic E-state index is 12.8. The smallest absolute Gasteiger partial charge is 0.254 e. The van der Waals surface area contributed by atoms with E-state index in [1.54, 1.807) is 11.8 Å². The van der Waals surface area contributed by atoms with Crippen LogP contribution in [0.5, 0.6) is 0 Å². The molecule has 1 aliphatic heterocycles. The van der Waals surface area contributed by atoms with E-state index in [0.29, 0.717) is 19.1 Å². The minimum absolute atomic E-state index is 0.137. The molecule has 1 atom stereocenters. The van der Waals surface area contributed by atoms with Gasteiger partial charge in [0.05, 0.1) is 12.2 Å². The molecule has 0 spiro atoms. The number of amides is 1. The van der Waals surface area contributed by atoms with Crippen LogP contribution in [0.4, 0.5) is 0 Å². The quantitative estimate of drug-likeness (QED) is 0.458. The number of benzene rings is 1. The summed E-state index contributed by atoms with van der Waals surface area (Å²) in [4.78, 5) is 15.8. The van der Waals surface area contributed by atoms with Gasteiger partial charge in [0.2, 0.25) is 0 Å². The summed E-state index contributed by atoms with van der Waals surface area (Å²) in [6.07, 6.45) is 7.32. The summed E-state index contributed by atoms with van der Waals surface area (Å²) in [5.41, 5.74) is 0.819. The number of piperidine rings is 1. The number of terminal acetylenes is 1. The molecular formula is C18H23NO2S. The fourth-order valence-electron chi connectivity index (χ4n) is 2.77. The Kier molecular flexibility index (Phi) is 6.82. The largest absolute Gasteiger partial charge is 0.368 e. The van der Waals surface area contributed by atoms with Crippen molar-refractivity contribution in [2.75, 3.05) is 32.1 Å². The molecule has 1 saturated heterocycles. The van der Waals surface area contributed by atoms with Gasteiger partial charge in [0, 0.05) is 23.9 Å². The van der Waals surface area contributed by atoms with Gasteiger partial charge < -0.3 is 9.64 Å². The molecule has 2 rings (SSSR count). The molecule has 1 heterocycles. The molecule has 0 aromatic heterocycles. The van der Waals surface area contributed by atoms with Crippen LogP contribution in [-0.2, 0) is 4.74 Å². The fraction of sp³-hybridized carbons (Fsp3) is 0.500. The summed E-state index contributed by atoms with van der Waals surface area (Å²) in [5.74, 6) is 3.97. The number of carbonyl (C=O) groups excluding carboxylic acids is 1. The van der Waals surface area contributed by atoms with Gasteiger partial charge in [-0.05, 0) is 30.7 Å². The standard InChI is InChI=1S/C18H23NO2S/c1-3-12-21-14-15-8-7-11-19(13-15)18(20)16-9-5-6-10-17(16)22-4-2/h1,5-6,9-10,15H,4,7-8,11-14H2,2H3/t15-/m1/s1. The van der Waals surface area contributed by atoms with Crippen LogP contribution in [0.15, 0.2) is 29.2 Å². The second-order valence-corrected chi connectivity index (χ2v) is 6.71. The van der Waals surface area contributed by atoms with Crippen molar-refractivity contribution in [3.63, 3.8) is 0 Å². The van der Waals surface area contributed by atoms with Crippen LogP contribution in [0.1, 0.15) is 30.1 Å². The number of carbonyl (C=O) groups is 1. The summed E-state index contributed by atoms with van der Waals surface area (Å²) in [6.45, 7) is 4.68. The average molecular weight is 317 g/mol. The Morgan fingerprint density at radius 2 is 2.32 bits per heavy atom. The topological polar surface area (TPSA) is 29.5 Å². The van der Waals surface area contributed by atoms with E-state index >= 15 is 0 Å². The molecule has 0 radical (unpaired) electrons. The van der Waals surface area contributed by atoms with Gasteiger partial charge in [0.15, 0.2) is 0 Å². The highest BCUT2D eigenvalue weighted by Crippen LogP contribution is 2.25. The van der Waals surface area contributed by atoms with Crippen LogP contribution < -0.4 is 0 Å². The molecule has 1 amide bonds. The Balaban J connectivity index is 2.01. The highest BCUT2D eigenvalue weighted by molar-refractivity contribution is 7.99. The first-order valence-electron chi connectivity index (χ1n) is 7.78. The Morgan fingerprint density at radius 1 is 1.50 bits per heavy atom. The lowest BCUT2D eigenvalue weighted by Gasteiger charge is -2.33. The highest BCUT2D eigenvalue weighted by Gasteiger charge is 2.25. The molecule has 118 valence electrons. The van der Waals surface area contributed by atoms with Crippen LogP contribution in [0.25, 0.3) is 0 Å². The molecule has 4 heteroatoms. The Labute approximate surface area is 137 Å². The van der Waals surface area contributed by atoms with Gasteiger partial charge in [-0.15, -0.1) is 18.2 Å². The summed E-state index contributed by atoms with van der Waals surface area (Å²) >= 11 is 1.72. The van der Waals surface area contributed by atoms with E-state index in [9.17, 15) is 4.79 Å². The molecule has 22 heavy (non-hydrogen) atoms. The summed E-state index contributed by atoms with van der Waals surface area (Å²) in [7, 11) is 0. The normalized spacial score (nSPS) is 18.0. The predicted molar refractivity (Wildman–Crippen MR) is 91.1 cm³/mol. The monoisotopic (exact) mass is 317 g/mol. The van der Waals surface area contributed by atoms with Gasteiger partial charge in [0.25, 0.3) is 5.91 Å². The van der Waals surface area contributed by atoms with Gasteiger partial charge in [0.1, 0.15) is 6.61 Å². The number of nitrogens with zero attached hydrogens (tertiary/aromatic N) is 1. The SMILES string of the molecule is C#CCOC[C@@H]1CCCN(C(=O)c2ccccc2SCC)C1. The molecule has 0 bridgehead atoms. The molecule has 0 aliphatic carbocycles. The average Bonchev–Trinajstić information content (AvgIpc) is 2.56. The Morgan fingerprint density at radius 3 is 3.09 bits per heavy atom. The molecule has 1 aromatic carbocycles. The first-order valence-corrected chi connectivity index (χ1v) is 8.77. The van der Waals surface area contributed by atoms with Crippen molar-refractivity contribution in [2.45, 2.75) is 24.7 Å². The van der Waals surface area contributed by atoms with E-state index < -0.39 is 0 Å². The Bertz CT molecular complexity index is 538. The molecule has 0 unspecified atom stereocenters. The van der Waals surface area contributed by atoms with E-state index in [2.05, 4.69) is 12.8 Å². The molecule has 3 nitrogen and oxygen atoms in total. The van der Waals surface area contributed by atoms with Gasteiger partial charge in [-0.1, -0.05) is 25.0 Å². The predicted octanol–water partition coefficient (Wildman–Crippen LogP) is 3.30. The van der Waals surface area contributed by atoms with Gasteiger partial charge in [-0.25, -0.2) is 0 Å². The molecular weight excluding hydrogens is 294 g/mol. The molecule has 1 aliphatic rings. The van der Waals surface area contributed by atoms with Crippen molar-refractivity contribution in [3.8, 4) is 12.3 Å². The molecule has 0 N–H and O–H groups in total. The first kappa shape index (κ1) is 16.9. The van der Waals surface area contributed by atoms with Crippen LogP contribution in [0, 0.1) is 18.3 Å². The maximum atomic E-state index is 12.8. The van der Waals surface area contributed by atoms with Gasteiger partial charge in [-0.2, -0.15) is 0 Å². The molecule has 0 saturated carbocycles. The van der Waals surface area contributed by atoms with Crippen LogP contribution >= 0.6 is 11.8 Å². The van der Waals surface area contributed by atoms with Crippen molar-refractivity contribution in [3.05, 3.63) is 29.8 Å². The minimum atomic E-state index is 0.137. The summed E-state index contributed by atoms with van der Waals surface area (Å²) < 4.78 is 5.44. The lowest BCUT2D eigenvalue weighted by Crippen LogP contribution is -2.41. The third-order valence-corrected chi connectivity index (χ3v) is 4.72. The maximum Gasteiger partial charge on any atom is 0.254 e. The van der Waals surface area contributed by atoms with Crippen molar-refractivity contribution >= 4 is 17.7 Å². The lowest BCUT2D eigenvalue weighted by atomic mass is 9.98. The van der Waals surface area contributed by atoms with E-state index in [1.807, 2.05) is 29.2 Å². The first-order chi connectivity index (χ1) is 10.8. The van der Waals surface area contributed by atoms with Crippen molar-refractivity contribution in [2.24, 2.45) is 5.92 Å². The zero-order valence-electron chi connectivity index (χ0n) is 13.1. The number of ether oxygens (including phenoxy) is 1. The number of likely N-dealkylation sites (tertiary alicyclic amines) is 1. The van der Waals surface area contributed by atoms with E-state index in [0.717, 1.165) is 42.1 Å². The van der Waals surface area contributed by atoms with Crippen molar-refractivity contribution < 1.29 is 9.53 Å². The van der Waals surface area contributed by atoms with Crippen LogP contribution in [0.3, 0.4) is 0 Å². The van der Waals surface area contributed by atoms with Crippen molar-refractivity contribution in [1.82, 2.24) is 4.90 Å². The molecule has 1 fully saturated rings. The number of rotatable bonds is 6.